The molecule has 7 nitrogen and oxygen atoms in total. The van der Waals surface area contributed by atoms with E-state index in [1.165, 1.54) is 0 Å². The highest BCUT2D eigenvalue weighted by atomic mass is 79.9. The van der Waals surface area contributed by atoms with Crippen molar-refractivity contribution in [3.8, 4) is 11.6 Å². The maximum Gasteiger partial charge on any atom is 0.284 e. The summed E-state index contributed by atoms with van der Waals surface area (Å²) in [5, 5.41) is 10.9. The van der Waals surface area contributed by atoms with Crippen LogP contribution in [0.15, 0.2) is 42.8 Å². The van der Waals surface area contributed by atoms with Crippen LogP contribution in [0.3, 0.4) is 0 Å². The average molecular weight is 354 g/mol. The third kappa shape index (κ3) is 2.83. The standard InChI is InChI=1S/C11H8BrN5O2S/c12-6-1-3-7(4-2-6)20-5-8-14-11(18-15-8)9-10(13)17-19-16-9/h1-4H,5H2,(H2,13,17). The van der Waals surface area contributed by atoms with Gasteiger partial charge in [-0.1, -0.05) is 21.1 Å². The Bertz CT molecular complexity index is 712. The molecule has 102 valence electrons. The summed E-state index contributed by atoms with van der Waals surface area (Å²) < 4.78 is 10.6. The lowest BCUT2D eigenvalue weighted by atomic mass is 10.4. The molecule has 0 saturated heterocycles. The van der Waals surface area contributed by atoms with Gasteiger partial charge in [0.2, 0.25) is 11.5 Å². The van der Waals surface area contributed by atoms with Crippen molar-refractivity contribution in [2.45, 2.75) is 10.6 Å². The second kappa shape index (κ2) is 5.63. The lowest BCUT2D eigenvalue weighted by molar-refractivity contribution is 0.308. The summed E-state index contributed by atoms with van der Waals surface area (Å²) in [7, 11) is 0. The van der Waals surface area contributed by atoms with Gasteiger partial charge in [-0.05, 0) is 34.6 Å². The number of halogens is 1. The molecule has 0 amide bonds. The highest BCUT2D eigenvalue weighted by molar-refractivity contribution is 9.10. The molecule has 3 aromatic rings. The van der Waals surface area contributed by atoms with E-state index in [4.69, 9.17) is 10.3 Å². The van der Waals surface area contributed by atoms with Gasteiger partial charge in [-0.25, -0.2) is 4.63 Å². The van der Waals surface area contributed by atoms with E-state index in [2.05, 4.69) is 41.0 Å². The number of nitrogen functional groups attached to an aromatic ring is 1. The number of nitrogens with two attached hydrogens (primary N) is 1. The number of hydrogen-bond donors (Lipinski definition) is 1. The molecule has 3 rings (SSSR count). The SMILES string of the molecule is Nc1nonc1-c1nc(CSc2ccc(Br)cc2)no1. The number of benzene rings is 1. The van der Waals surface area contributed by atoms with Crippen molar-refractivity contribution in [2.75, 3.05) is 5.73 Å². The van der Waals surface area contributed by atoms with Gasteiger partial charge in [-0.15, -0.1) is 11.8 Å². The molecule has 0 unspecified atom stereocenters. The summed E-state index contributed by atoms with van der Waals surface area (Å²) in [6, 6.07) is 7.97. The fourth-order valence-corrected chi connectivity index (χ4v) is 2.44. The second-order valence-electron chi connectivity index (χ2n) is 3.76. The minimum absolute atomic E-state index is 0.126. The van der Waals surface area contributed by atoms with Crippen LogP contribution in [0.1, 0.15) is 5.82 Å². The fraction of sp³-hybridized carbons (Fsp3) is 0.0909. The smallest absolute Gasteiger partial charge is 0.284 e. The van der Waals surface area contributed by atoms with Gasteiger partial charge in [-0.3, -0.25) is 0 Å². The molecule has 2 heterocycles. The van der Waals surface area contributed by atoms with Crippen molar-refractivity contribution in [3.05, 3.63) is 34.6 Å². The minimum Gasteiger partial charge on any atom is -0.379 e. The van der Waals surface area contributed by atoms with Crippen LogP contribution in [0, 0.1) is 0 Å². The van der Waals surface area contributed by atoms with Gasteiger partial charge in [0.15, 0.2) is 5.82 Å². The predicted molar refractivity (Wildman–Crippen MR) is 75.7 cm³/mol. The molecule has 0 saturated carbocycles. The number of aromatic nitrogens is 4. The van der Waals surface area contributed by atoms with E-state index >= 15 is 0 Å². The number of rotatable bonds is 4. The third-order valence-electron chi connectivity index (χ3n) is 2.37. The molecule has 0 aliphatic rings. The van der Waals surface area contributed by atoms with Crippen molar-refractivity contribution in [1.29, 1.82) is 0 Å². The zero-order valence-electron chi connectivity index (χ0n) is 9.99. The van der Waals surface area contributed by atoms with E-state index in [9.17, 15) is 0 Å². The molecule has 2 aromatic heterocycles. The predicted octanol–water partition coefficient (Wildman–Crippen LogP) is 2.76. The Morgan fingerprint density at radius 2 is 1.95 bits per heavy atom. The molecule has 0 spiro atoms. The van der Waals surface area contributed by atoms with Crippen molar-refractivity contribution in [3.63, 3.8) is 0 Å². The molecular formula is C11H8BrN5O2S. The van der Waals surface area contributed by atoms with Crippen LogP contribution in [0.5, 0.6) is 0 Å². The molecule has 0 atom stereocenters. The molecule has 0 bridgehead atoms. The van der Waals surface area contributed by atoms with E-state index in [0.29, 0.717) is 11.6 Å². The van der Waals surface area contributed by atoms with Gasteiger partial charge in [0.1, 0.15) is 0 Å². The maximum atomic E-state index is 5.56. The zero-order valence-corrected chi connectivity index (χ0v) is 12.4. The number of thioether (sulfide) groups is 1. The molecule has 0 aliphatic heterocycles. The van der Waals surface area contributed by atoms with E-state index in [-0.39, 0.29) is 17.4 Å². The fourth-order valence-electron chi connectivity index (χ4n) is 1.43. The van der Waals surface area contributed by atoms with Crippen molar-refractivity contribution in [2.24, 2.45) is 0 Å². The van der Waals surface area contributed by atoms with Gasteiger partial charge in [-0.2, -0.15) is 4.98 Å². The summed E-state index contributed by atoms with van der Waals surface area (Å²) in [6.45, 7) is 0. The van der Waals surface area contributed by atoms with Crippen LogP contribution in [0.4, 0.5) is 5.82 Å². The van der Waals surface area contributed by atoms with Crippen LogP contribution in [0.25, 0.3) is 11.6 Å². The Kier molecular flexibility index (Phi) is 3.70. The summed E-state index contributed by atoms with van der Waals surface area (Å²) in [5.41, 5.74) is 5.82. The summed E-state index contributed by atoms with van der Waals surface area (Å²) in [5.74, 6) is 1.46. The van der Waals surface area contributed by atoms with Gasteiger partial charge >= 0.3 is 0 Å². The van der Waals surface area contributed by atoms with Crippen molar-refractivity contribution in [1.82, 2.24) is 20.5 Å². The molecule has 20 heavy (non-hydrogen) atoms. The molecule has 0 aliphatic carbocycles. The Morgan fingerprint density at radius 3 is 2.65 bits per heavy atom. The Labute approximate surface area is 126 Å². The summed E-state index contributed by atoms with van der Waals surface area (Å²) in [6.07, 6.45) is 0. The van der Waals surface area contributed by atoms with Crippen LogP contribution in [-0.2, 0) is 5.75 Å². The van der Waals surface area contributed by atoms with Gasteiger partial charge in [0.25, 0.3) is 5.89 Å². The Morgan fingerprint density at radius 1 is 1.15 bits per heavy atom. The van der Waals surface area contributed by atoms with Crippen LogP contribution in [0.2, 0.25) is 0 Å². The van der Waals surface area contributed by atoms with Crippen molar-refractivity contribution < 1.29 is 9.15 Å². The van der Waals surface area contributed by atoms with Gasteiger partial charge < -0.3 is 10.3 Å². The van der Waals surface area contributed by atoms with Crippen LogP contribution >= 0.6 is 27.7 Å². The van der Waals surface area contributed by atoms with Crippen LogP contribution in [-0.4, -0.2) is 20.5 Å². The molecular weight excluding hydrogens is 346 g/mol. The highest BCUT2D eigenvalue weighted by Gasteiger charge is 2.17. The first-order valence-corrected chi connectivity index (χ1v) is 7.29. The quantitative estimate of drug-likeness (QED) is 0.713. The average Bonchev–Trinajstić information content (AvgIpc) is 3.06. The molecule has 0 radical (unpaired) electrons. The topological polar surface area (TPSA) is 104 Å². The normalized spacial score (nSPS) is 10.8. The summed E-state index contributed by atoms with van der Waals surface area (Å²) >= 11 is 4.99. The molecule has 1 aromatic carbocycles. The van der Waals surface area contributed by atoms with E-state index in [1.807, 2.05) is 24.3 Å². The third-order valence-corrected chi connectivity index (χ3v) is 3.90. The molecule has 0 fully saturated rings. The van der Waals surface area contributed by atoms with Crippen LogP contribution < -0.4 is 5.73 Å². The first-order valence-electron chi connectivity index (χ1n) is 5.52. The number of nitrogens with zero attached hydrogens (tertiary/aromatic N) is 4. The largest absolute Gasteiger partial charge is 0.379 e. The first kappa shape index (κ1) is 13.1. The second-order valence-corrected chi connectivity index (χ2v) is 5.72. The van der Waals surface area contributed by atoms with E-state index in [0.717, 1.165) is 9.37 Å². The minimum atomic E-state index is 0.126. The molecule has 9 heteroatoms. The Balaban J connectivity index is 1.69. The highest BCUT2D eigenvalue weighted by Crippen LogP contribution is 2.25. The monoisotopic (exact) mass is 353 g/mol. The lowest BCUT2D eigenvalue weighted by Gasteiger charge is -1.97. The Hall–Kier alpha value is -1.87. The summed E-state index contributed by atoms with van der Waals surface area (Å²) in [4.78, 5) is 5.31. The lowest BCUT2D eigenvalue weighted by Crippen LogP contribution is -1.89. The molecule has 2 N–H and O–H groups in total. The van der Waals surface area contributed by atoms with E-state index < -0.39 is 0 Å². The van der Waals surface area contributed by atoms with E-state index in [1.54, 1.807) is 11.8 Å². The zero-order chi connectivity index (χ0) is 13.9. The maximum absolute atomic E-state index is 5.56. The van der Waals surface area contributed by atoms with Crippen molar-refractivity contribution >= 4 is 33.5 Å². The van der Waals surface area contributed by atoms with Gasteiger partial charge in [0, 0.05) is 9.37 Å². The number of hydrogen-bond acceptors (Lipinski definition) is 8. The number of anilines is 1. The first-order chi connectivity index (χ1) is 9.72. The van der Waals surface area contributed by atoms with Gasteiger partial charge in [0.05, 0.1) is 5.75 Å².